The third-order valence-corrected chi connectivity index (χ3v) is 5.27. The molecule has 0 saturated heterocycles. The number of thioether (sulfide) groups is 2. The number of carbonyl (C=O) groups is 1. The SMILES string of the molecule is Cn1c(N)nnc1SCC(=O)N1CCSc2ccccc21. The first-order valence-corrected chi connectivity index (χ1v) is 8.44. The van der Waals surface area contributed by atoms with Gasteiger partial charge >= 0.3 is 0 Å². The van der Waals surface area contributed by atoms with E-state index >= 15 is 0 Å². The Labute approximate surface area is 131 Å². The fraction of sp³-hybridized carbons (Fsp3) is 0.308. The fourth-order valence-corrected chi connectivity index (χ4v) is 3.87. The molecule has 0 atom stereocenters. The van der Waals surface area contributed by atoms with E-state index < -0.39 is 0 Å². The first-order valence-electron chi connectivity index (χ1n) is 6.46. The molecule has 1 amide bonds. The Morgan fingerprint density at radius 3 is 3.00 bits per heavy atom. The Kier molecular flexibility index (Phi) is 4.07. The van der Waals surface area contributed by atoms with Gasteiger partial charge in [-0.2, -0.15) is 0 Å². The van der Waals surface area contributed by atoms with E-state index in [0.29, 0.717) is 16.9 Å². The molecule has 0 saturated carbocycles. The van der Waals surface area contributed by atoms with Gasteiger partial charge in [-0.1, -0.05) is 23.9 Å². The maximum absolute atomic E-state index is 12.5. The van der Waals surface area contributed by atoms with E-state index in [1.165, 1.54) is 11.8 Å². The molecule has 1 aromatic heterocycles. The van der Waals surface area contributed by atoms with Gasteiger partial charge in [0.1, 0.15) is 0 Å². The second-order valence-corrected chi connectivity index (χ2v) is 6.63. The molecule has 0 fully saturated rings. The zero-order chi connectivity index (χ0) is 14.8. The van der Waals surface area contributed by atoms with Crippen LogP contribution in [0.5, 0.6) is 0 Å². The molecule has 21 heavy (non-hydrogen) atoms. The molecule has 3 rings (SSSR count). The van der Waals surface area contributed by atoms with Crippen LogP contribution in [0.2, 0.25) is 0 Å². The summed E-state index contributed by atoms with van der Waals surface area (Å²) in [4.78, 5) is 15.5. The number of para-hydroxylation sites is 1. The Hall–Kier alpha value is -1.67. The van der Waals surface area contributed by atoms with E-state index in [9.17, 15) is 4.79 Å². The summed E-state index contributed by atoms with van der Waals surface area (Å²) in [6.45, 7) is 0.738. The quantitative estimate of drug-likeness (QED) is 0.866. The van der Waals surface area contributed by atoms with Crippen LogP contribution in [0.3, 0.4) is 0 Å². The standard InChI is InChI=1S/C13H15N5OS2/c1-17-12(14)15-16-13(17)21-8-11(19)18-6-7-20-10-5-3-2-4-9(10)18/h2-5H,6-8H2,1H3,(H2,14,15). The van der Waals surface area contributed by atoms with E-state index in [1.807, 2.05) is 23.1 Å². The topological polar surface area (TPSA) is 77.0 Å². The molecule has 0 unspecified atom stereocenters. The van der Waals surface area contributed by atoms with Gasteiger partial charge in [0.25, 0.3) is 0 Å². The number of anilines is 2. The highest BCUT2D eigenvalue weighted by molar-refractivity contribution is 8.00. The lowest BCUT2D eigenvalue weighted by Crippen LogP contribution is -2.36. The van der Waals surface area contributed by atoms with Crippen LogP contribution in [-0.4, -0.2) is 38.7 Å². The highest BCUT2D eigenvalue weighted by atomic mass is 32.2. The molecule has 8 heteroatoms. The van der Waals surface area contributed by atoms with Crippen molar-refractivity contribution >= 4 is 41.1 Å². The Morgan fingerprint density at radius 1 is 1.43 bits per heavy atom. The smallest absolute Gasteiger partial charge is 0.237 e. The van der Waals surface area contributed by atoms with E-state index in [1.54, 1.807) is 23.4 Å². The van der Waals surface area contributed by atoms with Gasteiger partial charge in [-0.25, -0.2) is 0 Å². The van der Waals surface area contributed by atoms with E-state index in [2.05, 4.69) is 16.3 Å². The van der Waals surface area contributed by atoms with Gasteiger partial charge < -0.3 is 10.6 Å². The van der Waals surface area contributed by atoms with Crippen LogP contribution in [-0.2, 0) is 11.8 Å². The number of benzene rings is 1. The van der Waals surface area contributed by atoms with Crippen molar-refractivity contribution in [2.75, 3.05) is 28.7 Å². The number of hydrogen-bond donors (Lipinski definition) is 1. The van der Waals surface area contributed by atoms with Crippen LogP contribution in [0.1, 0.15) is 0 Å². The molecule has 0 radical (unpaired) electrons. The van der Waals surface area contributed by atoms with Gasteiger partial charge in [0.15, 0.2) is 5.16 Å². The highest BCUT2D eigenvalue weighted by Crippen LogP contribution is 2.34. The van der Waals surface area contributed by atoms with Crippen LogP contribution in [0.4, 0.5) is 11.6 Å². The summed E-state index contributed by atoms with van der Waals surface area (Å²) in [6.07, 6.45) is 0. The fourth-order valence-electron chi connectivity index (χ4n) is 2.08. The van der Waals surface area contributed by atoms with E-state index in [0.717, 1.165) is 22.9 Å². The van der Waals surface area contributed by atoms with Crippen molar-refractivity contribution in [1.29, 1.82) is 0 Å². The lowest BCUT2D eigenvalue weighted by atomic mass is 10.3. The summed E-state index contributed by atoms with van der Waals surface area (Å²) in [6, 6.07) is 8.00. The molecule has 2 N–H and O–H groups in total. The predicted molar refractivity (Wildman–Crippen MR) is 85.7 cm³/mol. The van der Waals surface area contributed by atoms with Crippen molar-refractivity contribution in [3.05, 3.63) is 24.3 Å². The second kappa shape index (κ2) is 5.98. The molecule has 2 heterocycles. The minimum Gasteiger partial charge on any atom is -0.368 e. The highest BCUT2D eigenvalue weighted by Gasteiger charge is 2.23. The minimum atomic E-state index is 0.0781. The number of rotatable bonds is 3. The Morgan fingerprint density at radius 2 is 2.24 bits per heavy atom. The first kappa shape index (κ1) is 14.3. The Balaban J connectivity index is 1.71. The van der Waals surface area contributed by atoms with Gasteiger partial charge in [0.2, 0.25) is 11.9 Å². The van der Waals surface area contributed by atoms with Crippen LogP contribution in [0, 0.1) is 0 Å². The van der Waals surface area contributed by atoms with E-state index in [-0.39, 0.29) is 5.91 Å². The Bertz CT molecular complexity index is 672. The van der Waals surface area contributed by atoms with Crippen LogP contribution in [0.25, 0.3) is 0 Å². The zero-order valence-electron chi connectivity index (χ0n) is 11.5. The molecule has 0 bridgehead atoms. The molecule has 1 aliphatic rings. The molecule has 1 aliphatic heterocycles. The summed E-state index contributed by atoms with van der Waals surface area (Å²) in [5.41, 5.74) is 6.63. The van der Waals surface area contributed by atoms with Crippen molar-refractivity contribution < 1.29 is 4.79 Å². The monoisotopic (exact) mass is 321 g/mol. The number of nitrogen functional groups attached to an aromatic ring is 1. The molecule has 1 aromatic carbocycles. The van der Waals surface area contributed by atoms with Gasteiger partial charge in [-0.3, -0.25) is 9.36 Å². The maximum atomic E-state index is 12.5. The number of fused-ring (bicyclic) bond motifs is 1. The number of amides is 1. The van der Waals surface area contributed by atoms with Gasteiger partial charge in [-0.15, -0.1) is 22.0 Å². The summed E-state index contributed by atoms with van der Waals surface area (Å²) in [7, 11) is 1.79. The van der Waals surface area contributed by atoms with Crippen molar-refractivity contribution in [2.45, 2.75) is 10.1 Å². The third-order valence-electron chi connectivity index (χ3n) is 3.22. The second-order valence-electron chi connectivity index (χ2n) is 4.55. The number of carbonyl (C=O) groups excluding carboxylic acids is 1. The summed E-state index contributed by atoms with van der Waals surface area (Å²) in [5, 5.41) is 8.39. The maximum Gasteiger partial charge on any atom is 0.237 e. The largest absolute Gasteiger partial charge is 0.368 e. The molecule has 0 aliphatic carbocycles. The van der Waals surface area contributed by atoms with Crippen LogP contribution in [0.15, 0.2) is 34.3 Å². The van der Waals surface area contributed by atoms with Crippen molar-refractivity contribution in [2.24, 2.45) is 7.05 Å². The molecular weight excluding hydrogens is 306 g/mol. The average molecular weight is 321 g/mol. The summed E-state index contributed by atoms with van der Waals surface area (Å²) >= 11 is 3.14. The number of nitrogens with two attached hydrogens (primary N) is 1. The van der Waals surface area contributed by atoms with Gasteiger partial charge in [-0.05, 0) is 12.1 Å². The van der Waals surface area contributed by atoms with Crippen LogP contribution >= 0.6 is 23.5 Å². The molecule has 110 valence electrons. The summed E-state index contributed by atoms with van der Waals surface area (Å²) < 4.78 is 1.68. The van der Waals surface area contributed by atoms with Gasteiger partial charge in [0, 0.05) is 24.2 Å². The predicted octanol–water partition coefficient (Wildman–Crippen LogP) is 1.63. The van der Waals surface area contributed by atoms with Crippen LogP contribution < -0.4 is 10.6 Å². The average Bonchev–Trinajstić information content (AvgIpc) is 2.84. The number of nitrogens with zero attached hydrogens (tertiary/aromatic N) is 4. The normalized spacial score (nSPS) is 14.0. The molecule has 0 spiro atoms. The molecule has 6 nitrogen and oxygen atoms in total. The van der Waals surface area contributed by atoms with Crippen molar-refractivity contribution in [3.8, 4) is 0 Å². The lowest BCUT2D eigenvalue weighted by molar-refractivity contribution is -0.116. The minimum absolute atomic E-state index is 0.0781. The third kappa shape index (κ3) is 2.86. The van der Waals surface area contributed by atoms with E-state index in [4.69, 9.17) is 5.73 Å². The number of aromatic nitrogens is 3. The number of hydrogen-bond acceptors (Lipinski definition) is 6. The van der Waals surface area contributed by atoms with Crippen molar-refractivity contribution in [3.63, 3.8) is 0 Å². The molecular formula is C13H15N5OS2. The lowest BCUT2D eigenvalue weighted by Gasteiger charge is -2.28. The van der Waals surface area contributed by atoms with Gasteiger partial charge in [0.05, 0.1) is 11.4 Å². The first-order chi connectivity index (χ1) is 10.2. The summed E-state index contributed by atoms with van der Waals surface area (Å²) in [5.74, 6) is 1.67. The molecule has 2 aromatic rings. The van der Waals surface area contributed by atoms with Crippen molar-refractivity contribution in [1.82, 2.24) is 14.8 Å². The zero-order valence-corrected chi connectivity index (χ0v) is 13.2.